The van der Waals surface area contributed by atoms with Crippen LogP contribution in [0, 0.1) is 0 Å². The van der Waals surface area contributed by atoms with Crippen molar-refractivity contribution < 1.29 is 14.3 Å². The molecule has 2 fully saturated rings. The van der Waals surface area contributed by atoms with Crippen LogP contribution in [-0.4, -0.2) is 47.9 Å². The van der Waals surface area contributed by atoms with E-state index in [1.807, 2.05) is 35.2 Å². The molecule has 2 aliphatic heterocycles. The van der Waals surface area contributed by atoms with Crippen LogP contribution in [0.2, 0.25) is 0 Å². The van der Waals surface area contributed by atoms with Gasteiger partial charge >= 0.3 is 0 Å². The molecule has 24 heavy (non-hydrogen) atoms. The number of para-hydroxylation sites is 1. The number of benzene rings is 1. The number of piperidine rings is 1. The molecule has 0 saturated carbocycles. The highest BCUT2D eigenvalue weighted by Crippen LogP contribution is 2.26. The van der Waals surface area contributed by atoms with Gasteiger partial charge in [-0.1, -0.05) is 12.1 Å². The molecule has 0 aliphatic carbocycles. The lowest BCUT2D eigenvalue weighted by atomic mass is 10.0. The first-order valence-electron chi connectivity index (χ1n) is 8.39. The van der Waals surface area contributed by atoms with Gasteiger partial charge in [-0.3, -0.25) is 4.79 Å². The van der Waals surface area contributed by atoms with E-state index in [1.54, 1.807) is 17.4 Å². The predicted molar refractivity (Wildman–Crippen MR) is 93.7 cm³/mol. The summed E-state index contributed by atoms with van der Waals surface area (Å²) < 4.78 is 12.4. The molecule has 4 rings (SSSR count). The van der Waals surface area contributed by atoms with Gasteiger partial charge in [-0.15, -0.1) is 11.3 Å². The van der Waals surface area contributed by atoms with Crippen molar-refractivity contribution in [3.05, 3.63) is 35.3 Å². The molecule has 3 heterocycles. The number of carbonyl (C=O) groups excluding carboxylic acids is 1. The molecule has 2 saturated heterocycles. The number of rotatable bonds is 3. The Hall–Kier alpha value is -1.76. The molecule has 1 unspecified atom stereocenters. The van der Waals surface area contributed by atoms with E-state index in [9.17, 15) is 4.79 Å². The molecule has 2 aromatic rings. The Morgan fingerprint density at radius 1 is 1.25 bits per heavy atom. The first-order valence-corrected chi connectivity index (χ1v) is 9.20. The summed E-state index contributed by atoms with van der Waals surface area (Å²) in [7, 11) is 0. The summed E-state index contributed by atoms with van der Waals surface area (Å²) >= 11 is 1.59. The molecule has 126 valence electrons. The van der Waals surface area contributed by atoms with Crippen LogP contribution in [0.4, 0.5) is 0 Å². The second-order valence-electron chi connectivity index (χ2n) is 6.06. The van der Waals surface area contributed by atoms with Crippen molar-refractivity contribution in [3.8, 4) is 0 Å². The highest BCUT2D eigenvalue weighted by atomic mass is 32.1. The summed E-state index contributed by atoms with van der Waals surface area (Å²) in [4.78, 5) is 19.1. The molecule has 2 aliphatic rings. The topological polar surface area (TPSA) is 51.7 Å². The van der Waals surface area contributed by atoms with Crippen molar-refractivity contribution >= 4 is 33.5 Å². The van der Waals surface area contributed by atoms with E-state index < -0.39 is 0 Å². The number of likely N-dealkylation sites (tertiary alicyclic amines) is 1. The number of ether oxygens (including phenoxy) is 2. The molecule has 6 heteroatoms. The van der Waals surface area contributed by atoms with Crippen LogP contribution >= 0.6 is 11.3 Å². The van der Waals surface area contributed by atoms with Gasteiger partial charge < -0.3 is 14.4 Å². The Kier molecular flexibility index (Phi) is 4.60. The van der Waals surface area contributed by atoms with E-state index in [4.69, 9.17) is 9.47 Å². The normalized spacial score (nSPS) is 22.7. The van der Waals surface area contributed by atoms with E-state index in [0.29, 0.717) is 13.2 Å². The van der Waals surface area contributed by atoms with Gasteiger partial charge in [-0.25, -0.2) is 4.98 Å². The number of hydrogen-bond donors (Lipinski definition) is 0. The minimum absolute atomic E-state index is 0.0121. The number of fused-ring (bicyclic) bond motifs is 1. The highest BCUT2D eigenvalue weighted by Gasteiger charge is 2.35. The Morgan fingerprint density at radius 2 is 2.08 bits per heavy atom. The molecular formula is C18H20N2O3S. The molecule has 1 amide bonds. The zero-order valence-electron chi connectivity index (χ0n) is 13.4. The standard InChI is InChI=1S/C18H20N2O3S/c21-17(9-8-16-19-13-5-1-2-7-15(13)24-16)20-10-4-3-6-14(20)18-22-11-12-23-18/h1-2,5,7-9,14,18H,3-4,6,10-12H2/b9-8+. The van der Waals surface area contributed by atoms with Crippen molar-refractivity contribution in [2.75, 3.05) is 19.8 Å². The summed E-state index contributed by atoms with van der Waals surface area (Å²) in [6.07, 6.45) is 6.25. The maximum absolute atomic E-state index is 12.7. The first kappa shape index (κ1) is 15.7. The van der Waals surface area contributed by atoms with E-state index in [2.05, 4.69) is 4.98 Å². The van der Waals surface area contributed by atoms with Crippen LogP contribution in [-0.2, 0) is 14.3 Å². The minimum Gasteiger partial charge on any atom is -0.348 e. The molecule has 5 nitrogen and oxygen atoms in total. The Morgan fingerprint density at radius 3 is 2.92 bits per heavy atom. The van der Waals surface area contributed by atoms with Crippen molar-refractivity contribution in [3.63, 3.8) is 0 Å². The number of nitrogens with zero attached hydrogens (tertiary/aromatic N) is 2. The van der Waals surface area contributed by atoms with Crippen LogP contribution in [0.1, 0.15) is 24.3 Å². The average molecular weight is 344 g/mol. The quantitative estimate of drug-likeness (QED) is 0.803. The average Bonchev–Trinajstić information content (AvgIpc) is 3.28. The van der Waals surface area contributed by atoms with Crippen LogP contribution in [0.25, 0.3) is 16.3 Å². The molecule has 0 bridgehead atoms. The smallest absolute Gasteiger partial charge is 0.247 e. The van der Waals surface area contributed by atoms with E-state index in [0.717, 1.165) is 41.0 Å². The largest absolute Gasteiger partial charge is 0.348 e. The molecular weight excluding hydrogens is 324 g/mol. The summed E-state index contributed by atoms with van der Waals surface area (Å²) in [5.41, 5.74) is 0.971. The summed E-state index contributed by atoms with van der Waals surface area (Å²) in [5.74, 6) is 0.0121. The molecule has 0 N–H and O–H groups in total. The summed E-state index contributed by atoms with van der Waals surface area (Å²) in [5, 5.41) is 0.853. The monoisotopic (exact) mass is 344 g/mol. The van der Waals surface area contributed by atoms with Crippen LogP contribution in [0.3, 0.4) is 0 Å². The number of amides is 1. The van der Waals surface area contributed by atoms with Gasteiger partial charge in [0.2, 0.25) is 5.91 Å². The molecule has 0 spiro atoms. The Bertz CT molecular complexity index is 719. The minimum atomic E-state index is -0.273. The first-order chi connectivity index (χ1) is 11.8. The third kappa shape index (κ3) is 3.22. The SMILES string of the molecule is O=C(/C=C/c1nc2ccccc2s1)N1CCCCC1C1OCCO1. The molecule has 0 radical (unpaired) electrons. The van der Waals surface area contributed by atoms with Gasteiger partial charge in [0, 0.05) is 12.6 Å². The van der Waals surface area contributed by atoms with Crippen LogP contribution < -0.4 is 0 Å². The zero-order valence-corrected chi connectivity index (χ0v) is 14.2. The fourth-order valence-electron chi connectivity index (χ4n) is 3.31. The third-order valence-electron chi connectivity index (χ3n) is 4.47. The lowest BCUT2D eigenvalue weighted by molar-refractivity contribution is -0.145. The zero-order chi connectivity index (χ0) is 16.4. The number of thiazole rings is 1. The lowest BCUT2D eigenvalue weighted by Gasteiger charge is -2.37. The van der Waals surface area contributed by atoms with Crippen LogP contribution in [0.5, 0.6) is 0 Å². The van der Waals surface area contributed by atoms with Crippen molar-refractivity contribution in [2.45, 2.75) is 31.6 Å². The van der Waals surface area contributed by atoms with Gasteiger partial charge in [0.05, 0.1) is 29.5 Å². The number of carbonyl (C=O) groups is 1. The fraction of sp³-hybridized carbons (Fsp3) is 0.444. The van der Waals surface area contributed by atoms with Gasteiger partial charge in [0.25, 0.3) is 0 Å². The maximum Gasteiger partial charge on any atom is 0.247 e. The third-order valence-corrected chi connectivity index (χ3v) is 5.47. The summed E-state index contributed by atoms with van der Waals surface area (Å²) in [6, 6.07) is 8.02. The Labute approximate surface area is 144 Å². The predicted octanol–water partition coefficient (Wildman–Crippen LogP) is 3.06. The molecule has 1 aromatic heterocycles. The summed E-state index contributed by atoms with van der Waals surface area (Å²) in [6.45, 7) is 1.99. The van der Waals surface area contributed by atoms with Gasteiger partial charge in [-0.05, 0) is 37.5 Å². The van der Waals surface area contributed by atoms with Crippen molar-refractivity contribution in [1.29, 1.82) is 0 Å². The second kappa shape index (κ2) is 7.01. The van der Waals surface area contributed by atoms with Gasteiger partial charge in [0.1, 0.15) is 5.01 Å². The number of aromatic nitrogens is 1. The van der Waals surface area contributed by atoms with E-state index >= 15 is 0 Å². The molecule has 1 atom stereocenters. The van der Waals surface area contributed by atoms with E-state index in [-0.39, 0.29) is 18.2 Å². The number of hydrogen-bond acceptors (Lipinski definition) is 5. The fourth-order valence-corrected chi connectivity index (χ4v) is 4.18. The molecule has 1 aromatic carbocycles. The Balaban J connectivity index is 1.49. The van der Waals surface area contributed by atoms with Crippen molar-refractivity contribution in [2.24, 2.45) is 0 Å². The lowest BCUT2D eigenvalue weighted by Crippen LogP contribution is -2.49. The highest BCUT2D eigenvalue weighted by molar-refractivity contribution is 7.19. The van der Waals surface area contributed by atoms with Gasteiger partial charge in [-0.2, -0.15) is 0 Å². The van der Waals surface area contributed by atoms with Crippen molar-refractivity contribution in [1.82, 2.24) is 9.88 Å². The van der Waals surface area contributed by atoms with Gasteiger partial charge in [0.15, 0.2) is 6.29 Å². The maximum atomic E-state index is 12.7. The van der Waals surface area contributed by atoms with E-state index in [1.165, 1.54) is 0 Å². The van der Waals surface area contributed by atoms with Crippen LogP contribution in [0.15, 0.2) is 30.3 Å². The second-order valence-corrected chi connectivity index (χ2v) is 7.12.